The second kappa shape index (κ2) is 7.45. The van der Waals surface area contributed by atoms with Gasteiger partial charge in [-0.05, 0) is 37.0 Å². The van der Waals surface area contributed by atoms with Crippen LogP contribution in [0, 0.1) is 6.92 Å². The smallest absolute Gasteiger partial charge is 0.349 e. The molecule has 0 saturated carbocycles. The van der Waals surface area contributed by atoms with Crippen molar-refractivity contribution in [3.63, 3.8) is 0 Å². The molecule has 7 heteroatoms. The van der Waals surface area contributed by atoms with Crippen LogP contribution in [-0.4, -0.2) is 31.9 Å². The largest absolute Gasteiger partial charge is 0.427 e. The van der Waals surface area contributed by atoms with E-state index in [9.17, 15) is 18.0 Å². The molecular formula is C19H21NO5S. The maximum absolute atomic E-state index is 12.4. The van der Waals surface area contributed by atoms with E-state index in [0.29, 0.717) is 24.2 Å². The van der Waals surface area contributed by atoms with Crippen LogP contribution in [0.25, 0.3) is 0 Å². The Kier molecular flexibility index (Phi) is 5.27. The number of hydrogen-bond acceptors (Lipinski definition) is 5. The lowest BCUT2D eigenvalue weighted by atomic mass is 10.1. The molecular weight excluding hydrogens is 354 g/mol. The Morgan fingerprint density at radius 1 is 1.23 bits per heavy atom. The van der Waals surface area contributed by atoms with Gasteiger partial charge in [0.25, 0.3) is 5.91 Å². The molecule has 1 aliphatic rings. The van der Waals surface area contributed by atoms with Gasteiger partial charge in [-0.15, -0.1) is 0 Å². The van der Waals surface area contributed by atoms with Gasteiger partial charge in [-0.1, -0.05) is 30.3 Å². The summed E-state index contributed by atoms with van der Waals surface area (Å²) in [6, 6.07) is 11.1. The Hall–Kier alpha value is -2.41. The van der Waals surface area contributed by atoms with E-state index in [1.807, 2.05) is 30.3 Å². The van der Waals surface area contributed by atoms with Crippen molar-refractivity contribution in [3.8, 4) is 0 Å². The second-order valence-electron chi connectivity index (χ2n) is 6.62. The first-order valence-electron chi connectivity index (χ1n) is 8.53. The summed E-state index contributed by atoms with van der Waals surface area (Å²) >= 11 is 0. The Morgan fingerprint density at radius 3 is 2.58 bits per heavy atom. The maximum atomic E-state index is 12.4. The summed E-state index contributed by atoms with van der Waals surface area (Å²) in [6.07, 6.45) is 1.66. The molecule has 138 valence electrons. The molecule has 3 rings (SSSR count). The molecule has 1 aromatic carbocycles. The van der Waals surface area contributed by atoms with Crippen molar-refractivity contribution in [2.45, 2.75) is 32.2 Å². The first kappa shape index (κ1) is 18.4. The zero-order chi connectivity index (χ0) is 18.7. The number of aryl methyl sites for hydroxylation is 3. The lowest BCUT2D eigenvalue weighted by molar-refractivity contribution is 0.0936. The molecule has 6 nitrogen and oxygen atoms in total. The molecule has 0 aliphatic carbocycles. The summed E-state index contributed by atoms with van der Waals surface area (Å²) in [7, 11) is -3.10. The number of carbonyl (C=O) groups excluding carboxylic acids is 1. The van der Waals surface area contributed by atoms with Crippen LogP contribution < -0.4 is 10.9 Å². The summed E-state index contributed by atoms with van der Waals surface area (Å²) in [5.74, 6) is -0.0771. The molecule has 1 unspecified atom stereocenters. The normalized spacial score (nSPS) is 18.6. The molecule has 1 fully saturated rings. The van der Waals surface area contributed by atoms with Gasteiger partial charge in [0, 0.05) is 12.5 Å². The van der Waals surface area contributed by atoms with Gasteiger partial charge in [0.05, 0.1) is 11.5 Å². The first-order valence-corrected chi connectivity index (χ1v) is 10.3. The van der Waals surface area contributed by atoms with Crippen LogP contribution in [0.4, 0.5) is 0 Å². The van der Waals surface area contributed by atoms with Gasteiger partial charge in [0.2, 0.25) is 0 Å². The van der Waals surface area contributed by atoms with Gasteiger partial charge >= 0.3 is 5.63 Å². The number of rotatable bonds is 5. The van der Waals surface area contributed by atoms with E-state index in [-0.39, 0.29) is 17.1 Å². The molecule has 0 spiro atoms. The SMILES string of the molecule is Cc1cc(CCc2ccccc2)oc(=O)c1C(=O)NC1CCS(=O)(=O)C1. The summed E-state index contributed by atoms with van der Waals surface area (Å²) in [5, 5.41) is 2.63. The Morgan fingerprint density at radius 2 is 1.96 bits per heavy atom. The Balaban J connectivity index is 1.71. The van der Waals surface area contributed by atoms with Gasteiger partial charge < -0.3 is 9.73 Å². The minimum absolute atomic E-state index is 0.0576. The summed E-state index contributed by atoms with van der Waals surface area (Å²) < 4.78 is 28.3. The van der Waals surface area contributed by atoms with Gasteiger partial charge in [-0.2, -0.15) is 0 Å². The molecule has 1 atom stereocenters. The zero-order valence-corrected chi connectivity index (χ0v) is 15.3. The van der Waals surface area contributed by atoms with Gasteiger partial charge in [0.15, 0.2) is 9.84 Å². The molecule has 1 aliphatic heterocycles. The van der Waals surface area contributed by atoms with Gasteiger partial charge in [-0.25, -0.2) is 13.2 Å². The fourth-order valence-corrected chi connectivity index (χ4v) is 4.82. The number of carbonyl (C=O) groups is 1. The highest BCUT2D eigenvalue weighted by atomic mass is 32.2. The van der Waals surface area contributed by atoms with E-state index in [4.69, 9.17) is 4.42 Å². The van der Waals surface area contributed by atoms with E-state index in [1.54, 1.807) is 13.0 Å². The molecule has 1 saturated heterocycles. The van der Waals surface area contributed by atoms with Crippen LogP contribution >= 0.6 is 0 Å². The van der Waals surface area contributed by atoms with E-state index in [0.717, 1.165) is 12.0 Å². The average Bonchev–Trinajstić information content (AvgIpc) is 2.92. The third kappa shape index (κ3) is 4.40. The second-order valence-corrected chi connectivity index (χ2v) is 8.85. The highest BCUT2D eigenvalue weighted by Crippen LogP contribution is 2.14. The summed E-state index contributed by atoms with van der Waals surface area (Å²) in [6.45, 7) is 1.68. The molecule has 1 aromatic heterocycles. The highest BCUT2D eigenvalue weighted by Gasteiger charge is 2.30. The number of sulfone groups is 1. The molecule has 1 amide bonds. The quantitative estimate of drug-likeness (QED) is 0.858. The van der Waals surface area contributed by atoms with Gasteiger partial charge in [0.1, 0.15) is 11.3 Å². The van der Waals surface area contributed by atoms with Crippen molar-refractivity contribution in [1.82, 2.24) is 5.32 Å². The fraction of sp³-hybridized carbons (Fsp3) is 0.368. The number of nitrogens with one attached hydrogen (secondary N) is 1. The molecule has 0 bridgehead atoms. The van der Waals surface area contributed by atoms with Crippen molar-refractivity contribution < 1.29 is 17.6 Å². The zero-order valence-electron chi connectivity index (χ0n) is 14.5. The maximum Gasteiger partial charge on any atom is 0.349 e. The number of benzene rings is 1. The number of hydrogen-bond donors (Lipinski definition) is 1. The lowest BCUT2D eigenvalue weighted by Crippen LogP contribution is -2.38. The molecule has 26 heavy (non-hydrogen) atoms. The van der Waals surface area contributed by atoms with Crippen LogP contribution in [0.15, 0.2) is 45.6 Å². The highest BCUT2D eigenvalue weighted by molar-refractivity contribution is 7.91. The fourth-order valence-electron chi connectivity index (χ4n) is 3.15. The minimum atomic E-state index is -3.10. The Labute approximate surface area is 152 Å². The van der Waals surface area contributed by atoms with Crippen molar-refractivity contribution in [2.24, 2.45) is 0 Å². The van der Waals surface area contributed by atoms with Crippen molar-refractivity contribution in [2.75, 3.05) is 11.5 Å². The third-order valence-corrected chi connectivity index (χ3v) is 6.27. The minimum Gasteiger partial charge on any atom is -0.427 e. The van der Waals surface area contributed by atoms with Crippen LogP contribution in [0.5, 0.6) is 0 Å². The van der Waals surface area contributed by atoms with E-state index in [1.165, 1.54) is 0 Å². The van der Waals surface area contributed by atoms with Crippen LogP contribution in [-0.2, 0) is 22.7 Å². The van der Waals surface area contributed by atoms with E-state index < -0.39 is 27.4 Å². The predicted octanol–water partition coefficient (Wildman–Crippen LogP) is 1.65. The standard InChI is InChI=1S/C19H21NO5S/c1-13-11-16(8-7-14-5-3-2-4-6-14)25-19(22)17(13)18(21)20-15-9-10-26(23,24)12-15/h2-6,11,15H,7-10,12H2,1H3,(H,20,21). The van der Waals surface area contributed by atoms with E-state index >= 15 is 0 Å². The third-order valence-electron chi connectivity index (χ3n) is 4.50. The van der Waals surface area contributed by atoms with Crippen molar-refractivity contribution in [1.29, 1.82) is 0 Å². The molecule has 0 radical (unpaired) electrons. The summed E-state index contributed by atoms with van der Waals surface area (Å²) in [4.78, 5) is 24.6. The average molecular weight is 375 g/mol. The first-order chi connectivity index (χ1) is 12.3. The number of amides is 1. The molecule has 2 heterocycles. The van der Waals surface area contributed by atoms with Crippen molar-refractivity contribution in [3.05, 3.63) is 69.3 Å². The Bertz CT molecular complexity index is 963. The predicted molar refractivity (Wildman–Crippen MR) is 98.1 cm³/mol. The molecule has 1 N–H and O–H groups in total. The monoisotopic (exact) mass is 375 g/mol. The topological polar surface area (TPSA) is 93.4 Å². The molecule has 2 aromatic rings. The van der Waals surface area contributed by atoms with Crippen molar-refractivity contribution >= 4 is 15.7 Å². The van der Waals surface area contributed by atoms with E-state index in [2.05, 4.69) is 5.32 Å². The van der Waals surface area contributed by atoms with Gasteiger partial charge in [-0.3, -0.25) is 4.79 Å². The lowest BCUT2D eigenvalue weighted by Gasteiger charge is -2.12. The summed E-state index contributed by atoms with van der Waals surface area (Å²) in [5.41, 5.74) is 0.920. The van der Waals surface area contributed by atoms with Crippen LogP contribution in [0.2, 0.25) is 0 Å². The van der Waals surface area contributed by atoms with Crippen LogP contribution in [0.1, 0.15) is 33.7 Å². The van der Waals surface area contributed by atoms with Crippen LogP contribution in [0.3, 0.4) is 0 Å².